The molecule has 1 aliphatic rings. The van der Waals surface area contributed by atoms with Gasteiger partial charge in [0.05, 0.1) is 13.2 Å². The van der Waals surface area contributed by atoms with Gasteiger partial charge in [-0.25, -0.2) is 4.57 Å². The highest BCUT2D eigenvalue weighted by atomic mass is 31.2. The van der Waals surface area contributed by atoms with E-state index < -0.39 is 7.82 Å². The Balaban J connectivity index is 1.83. The van der Waals surface area contributed by atoms with Crippen molar-refractivity contribution in [1.82, 2.24) is 0 Å². The molecule has 0 saturated carbocycles. The number of ether oxygens (including phenoxy) is 2. The number of hydrogen-bond donors (Lipinski definition) is 2. The maximum absolute atomic E-state index is 10.7. The van der Waals surface area contributed by atoms with Crippen LogP contribution >= 0.6 is 7.82 Å². The molecule has 1 rings (SSSR count). The van der Waals surface area contributed by atoms with E-state index in [0.29, 0.717) is 6.61 Å². The fourth-order valence-corrected chi connectivity index (χ4v) is 3.67. The summed E-state index contributed by atoms with van der Waals surface area (Å²) in [5.41, 5.74) is 0. The minimum Gasteiger partial charge on any atom is -0.350 e. The van der Waals surface area contributed by atoms with Crippen LogP contribution in [0.25, 0.3) is 0 Å². The van der Waals surface area contributed by atoms with Crippen LogP contribution in [0.4, 0.5) is 0 Å². The van der Waals surface area contributed by atoms with Gasteiger partial charge in [-0.05, 0) is 38.5 Å². The van der Waals surface area contributed by atoms with Crippen molar-refractivity contribution in [3.63, 3.8) is 0 Å². The lowest BCUT2D eigenvalue weighted by molar-refractivity contribution is -0.0698. The second-order valence-electron chi connectivity index (χ2n) is 7.68. The first-order valence-corrected chi connectivity index (χ1v) is 12.7. The molecule has 28 heavy (non-hydrogen) atoms. The van der Waals surface area contributed by atoms with E-state index in [1.807, 2.05) is 0 Å². The molecule has 0 unspecified atom stereocenters. The zero-order chi connectivity index (χ0) is 20.5. The minimum absolute atomic E-state index is 0.131. The van der Waals surface area contributed by atoms with Crippen LogP contribution in [0.15, 0.2) is 12.2 Å². The molecule has 0 aromatic rings. The average Bonchev–Trinajstić information content (AvgIpc) is 3.10. The average molecular weight is 421 g/mol. The highest BCUT2D eigenvalue weighted by Gasteiger charge is 2.28. The molecule has 1 fully saturated rings. The third-order valence-corrected chi connectivity index (χ3v) is 5.43. The second kappa shape index (κ2) is 16.6. The quantitative estimate of drug-likeness (QED) is 0.164. The Bertz CT molecular complexity index is 437. The Kier molecular flexibility index (Phi) is 15.3. The van der Waals surface area contributed by atoms with E-state index in [2.05, 4.69) is 23.6 Å². The standard InChI is InChI=1S/C21H41O6P/c1-2-3-4-5-6-7-8-9-10-11-12-13-14-15-16-17-21-25-18-20(27-21)19-26-28(22,23)24/h8-9,20-21H,2-7,10-19H2,1H3,(H2,22,23,24)/b9-8+/t20-,21-/m0/s1. The van der Waals surface area contributed by atoms with Crippen molar-refractivity contribution in [3.8, 4) is 0 Å². The first kappa shape index (κ1) is 25.8. The highest BCUT2D eigenvalue weighted by molar-refractivity contribution is 7.46. The van der Waals surface area contributed by atoms with Gasteiger partial charge in [0, 0.05) is 0 Å². The topological polar surface area (TPSA) is 85.2 Å². The predicted molar refractivity (Wildman–Crippen MR) is 112 cm³/mol. The van der Waals surface area contributed by atoms with Gasteiger partial charge in [0.25, 0.3) is 0 Å². The lowest BCUT2D eigenvalue weighted by atomic mass is 10.1. The summed E-state index contributed by atoms with van der Waals surface area (Å²) < 4.78 is 26.2. The second-order valence-corrected chi connectivity index (χ2v) is 8.92. The number of phosphoric ester groups is 1. The van der Waals surface area contributed by atoms with Gasteiger partial charge in [-0.3, -0.25) is 4.52 Å². The van der Waals surface area contributed by atoms with E-state index in [0.717, 1.165) is 12.8 Å². The molecule has 7 heteroatoms. The molecule has 0 amide bonds. The first-order chi connectivity index (χ1) is 13.5. The number of hydrogen-bond acceptors (Lipinski definition) is 4. The summed E-state index contributed by atoms with van der Waals surface area (Å²) in [5, 5.41) is 0. The summed E-state index contributed by atoms with van der Waals surface area (Å²) >= 11 is 0. The van der Waals surface area contributed by atoms with Crippen molar-refractivity contribution in [3.05, 3.63) is 12.2 Å². The van der Waals surface area contributed by atoms with Crippen molar-refractivity contribution < 1.29 is 28.3 Å². The third kappa shape index (κ3) is 15.7. The SMILES string of the molecule is CCCCCCC/C=C/CCCCCCCC[C@H]1OC[C@@H](COP(=O)(O)O)O1. The molecular formula is C21H41O6P. The maximum Gasteiger partial charge on any atom is 0.469 e. The van der Waals surface area contributed by atoms with E-state index >= 15 is 0 Å². The Hall–Kier alpha value is -0.230. The van der Waals surface area contributed by atoms with Gasteiger partial charge in [0.15, 0.2) is 6.29 Å². The molecule has 1 aliphatic heterocycles. The summed E-state index contributed by atoms with van der Waals surface area (Å²) in [6.45, 7) is 2.45. The van der Waals surface area contributed by atoms with Gasteiger partial charge in [-0.2, -0.15) is 0 Å². The van der Waals surface area contributed by atoms with Gasteiger partial charge >= 0.3 is 7.82 Å². The summed E-state index contributed by atoms with van der Waals surface area (Å²) in [6, 6.07) is 0. The van der Waals surface area contributed by atoms with Gasteiger partial charge < -0.3 is 19.3 Å². The number of allylic oxidation sites excluding steroid dienone is 2. The molecule has 166 valence electrons. The fourth-order valence-electron chi connectivity index (χ4n) is 3.31. The normalized spacial score (nSPS) is 20.4. The number of unbranched alkanes of at least 4 members (excludes halogenated alkanes) is 11. The number of phosphoric acid groups is 1. The van der Waals surface area contributed by atoms with Crippen LogP contribution in [0.1, 0.15) is 96.8 Å². The molecule has 1 saturated heterocycles. The zero-order valence-corrected chi connectivity index (χ0v) is 18.5. The maximum atomic E-state index is 10.7. The molecule has 0 aromatic heterocycles. The van der Waals surface area contributed by atoms with Gasteiger partial charge in [0.1, 0.15) is 6.10 Å². The van der Waals surface area contributed by atoms with Crippen LogP contribution in [-0.2, 0) is 18.6 Å². The largest absolute Gasteiger partial charge is 0.469 e. The van der Waals surface area contributed by atoms with Crippen LogP contribution in [-0.4, -0.2) is 35.4 Å². The summed E-state index contributed by atoms with van der Waals surface area (Å²) in [7, 11) is -4.43. The van der Waals surface area contributed by atoms with Crippen molar-refractivity contribution in [2.75, 3.05) is 13.2 Å². The molecule has 0 bridgehead atoms. The van der Waals surface area contributed by atoms with Crippen LogP contribution in [0.3, 0.4) is 0 Å². The van der Waals surface area contributed by atoms with Crippen LogP contribution in [0.2, 0.25) is 0 Å². The van der Waals surface area contributed by atoms with Crippen LogP contribution in [0.5, 0.6) is 0 Å². The van der Waals surface area contributed by atoms with Gasteiger partial charge in [-0.15, -0.1) is 0 Å². The van der Waals surface area contributed by atoms with Crippen molar-refractivity contribution in [2.45, 2.75) is 109 Å². The van der Waals surface area contributed by atoms with Crippen molar-refractivity contribution >= 4 is 7.82 Å². The Morgan fingerprint density at radius 2 is 1.50 bits per heavy atom. The van der Waals surface area contributed by atoms with Crippen molar-refractivity contribution in [1.29, 1.82) is 0 Å². The summed E-state index contributed by atoms with van der Waals surface area (Å²) in [6.07, 6.45) is 21.4. The fraction of sp³-hybridized carbons (Fsp3) is 0.905. The smallest absolute Gasteiger partial charge is 0.350 e. The van der Waals surface area contributed by atoms with E-state index in [1.165, 1.54) is 77.0 Å². The monoisotopic (exact) mass is 420 g/mol. The molecule has 0 radical (unpaired) electrons. The van der Waals surface area contributed by atoms with E-state index in [-0.39, 0.29) is 19.0 Å². The first-order valence-electron chi connectivity index (χ1n) is 11.1. The highest BCUT2D eigenvalue weighted by Crippen LogP contribution is 2.36. The molecule has 2 atom stereocenters. The summed E-state index contributed by atoms with van der Waals surface area (Å²) in [4.78, 5) is 17.4. The Labute approximate surface area is 171 Å². The number of rotatable bonds is 18. The third-order valence-electron chi connectivity index (χ3n) is 4.94. The molecule has 1 heterocycles. The predicted octanol–water partition coefficient (Wildman–Crippen LogP) is 5.87. The summed E-state index contributed by atoms with van der Waals surface area (Å²) in [5.74, 6) is 0. The molecule has 6 nitrogen and oxygen atoms in total. The zero-order valence-electron chi connectivity index (χ0n) is 17.6. The molecule has 2 N–H and O–H groups in total. The van der Waals surface area contributed by atoms with E-state index in [9.17, 15) is 4.57 Å². The Morgan fingerprint density at radius 1 is 0.929 bits per heavy atom. The van der Waals surface area contributed by atoms with E-state index in [1.54, 1.807) is 0 Å². The molecule has 0 spiro atoms. The van der Waals surface area contributed by atoms with Gasteiger partial charge in [0.2, 0.25) is 0 Å². The van der Waals surface area contributed by atoms with E-state index in [4.69, 9.17) is 19.3 Å². The minimum atomic E-state index is -4.43. The lowest BCUT2D eigenvalue weighted by Gasteiger charge is -2.12. The molecular weight excluding hydrogens is 379 g/mol. The molecule has 0 aromatic carbocycles. The van der Waals surface area contributed by atoms with Crippen LogP contribution in [0, 0.1) is 0 Å². The molecule has 0 aliphatic carbocycles. The van der Waals surface area contributed by atoms with Gasteiger partial charge in [-0.1, -0.05) is 70.4 Å². The lowest BCUT2D eigenvalue weighted by Crippen LogP contribution is -2.18. The van der Waals surface area contributed by atoms with Crippen LogP contribution < -0.4 is 0 Å². The Morgan fingerprint density at radius 3 is 2.11 bits per heavy atom. The van der Waals surface area contributed by atoms with Crippen molar-refractivity contribution in [2.24, 2.45) is 0 Å².